The molecule has 3 atom stereocenters. The van der Waals surface area contributed by atoms with Gasteiger partial charge in [0.05, 0.1) is 0 Å². The van der Waals surface area contributed by atoms with Crippen molar-refractivity contribution in [2.45, 2.75) is 37.5 Å². The minimum Gasteiger partial charge on any atom is -0.445 e. The van der Waals surface area contributed by atoms with Crippen molar-refractivity contribution in [3.8, 4) is 0 Å². The maximum absolute atomic E-state index is 13.0. The molecule has 1 fully saturated rings. The van der Waals surface area contributed by atoms with Gasteiger partial charge in [0.1, 0.15) is 12.6 Å². The molecule has 0 heterocycles. The molecule has 1 aliphatic rings. The highest BCUT2D eigenvalue weighted by molar-refractivity contribution is 5.96. The molecule has 4 rings (SSSR count). The van der Waals surface area contributed by atoms with E-state index in [2.05, 4.69) is 10.6 Å². The summed E-state index contributed by atoms with van der Waals surface area (Å²) in [6.45, 7) is 0.136. The van der Waals surface area contributed by atoms with Crippen LogP contribution in [0.2, 0.25) is 0 Å². The molecule has 0 bridgehead atoms. The first-order valence-corrected chi connectivity index (χ1v) is 10.8. The van der Waals surface area contributed by atoms with Gasteiger partial charge in [0.15, 0.2) is 0 Å². The van der Waals surface area contributed by atoms with E-state index in [4.69, 9.17) is 10.5 Å². The average Bonchev–Trinajstić information content (AvgIpc) is 3.55. The molecule has 0 spiro atoms. The number of nitrogens with one attached hydrogen (secondary N) is 2. The Kier molecular flexibility index (Phi) is 8.46. The Labute approximate surface area is 199 Å². The Hall–Kier alpha value is -3.35. The summed E-state index contributed by atoms with van der Waals surface area (Å²) in [5.41, 5.74) is 9.58. The molecular formula is C26H28ClN3O3. The van der Waals surface area contributed by atoms with Crippen LogP contribution in [-0.4, -0.2) is 24.1 Å². The smallest absolute Gasteiger partial charge is 0.408 e. The zero-order chi connectivity index (χ0) is 22.3. The molecule has 4 N–H and O–H groups in total. The van der Waals surface area contributed by atoms with Crippen LogP contribution in [0.3, 0.4) is 0 Å². The summed E-state index contributed by atoms with van der Waals surface area (Å²) in [4.78, 5) is 25.4. The first-order valence-electron chi connectivity index (χ1n) is 10.8. The number of carbonyl (C=O) groups excluding carboxylic acids is 2. The van der Waals surface area contributed by atoms with E-state index < -0.39 is 12.1 Å². The fourth-order valence-electron chi connectivity index (χ4n) is 3.61. The molecule has 0 radical (unpaired) electrons. The van der Waals surface area contributed by atoms with Crippen LogP contribution in [0.25, 0.3) is 0 Å². The summed E-state index contributed by atoms with van der Waals surface area (Å²) in [6.07, 6.45) is 0.713. The fraction of sp³-hybridized carbons (Fsp3) is 0.231. The molecular weight excluding hydrogens is 438 g/mol. The summed E-state index contributed by atoms with van der Waals surface area (Å²) < 4.78 is 5.31. The third-order valence-electron chi connectivity index (χ3n) is 5.55. The van der Waals surface area contributed by atoms with Gasteiger partial charge >= 0.3 is 6.09 Å². The standard InChI is InChI=1S/C26H27N3O3.ClH/c27-23-16-22(23)20-11-13-21(14-12-20)28-25(30)24(15-18-7-3-1-4-8-18)29-26(31)32-17-19-9-5-2-6-10-19;/h1-14,22-24H,15-17,27H2,(H,28,30)(H,29,31);1H. The molecule has 1 saturated carbocycles. The van der Waals surface area contributed by atoms with Crippen molar-refractivity contribution in [2.75, 3.05) is 5.32 Å². The molecule has 3 aromatic rings. The number of hydrogen-bond acceptors (Lipinski definition) is 4. The first kappa shape index (κ1) is 24.3. The third kappa shape index (κ3) is 7.07. The topological polar surface area (TPSA) is 93.5 Å². The number of benzene rings is 3. The van der Waals surface area contributed by atoms with Crippen LogP contribution in [-0.2, 0) is 22.6 Å². The molecule has 7 heteroatoms. The zero-order valence-corrected chi connectivity index (χ0v) is 19.0. The first-order chi connectivity index (χ1) is 15.6. The van der Waals surface area contributed by atoms with Crippen LogP contribution in [0.5, 0.6) is 0 Å². The largest absolute Gasteiger partial charge is 0.445 e. The second-order valence-electron chi connectivity index (χ2n) is 8.07. The second kappa shape index (κ2) is 11.5. The predicted octanol–water partition coefficient (Wildman–Crippen LogP) is 4.40. The predicted molar refractivity (Wildman–Crippen MR) is 131 cm³/mol. The maximum Gasteiger partial charge on any atom is 0.408 e. The van der Waals surface area contributed by atoms with Gasteiger partial charge in [0.2, 0.25) is 5.91 Å². The molecule has 33 heavy (non-hydrogen) atoms. The van der Waals surface area contributed by atoms with Gasteiger partial charge in [0.25, 0.3) is 0 Å². The summed E-state index contributed by atoms with van der Waals surface area (Å²) in [5, 5.41) is 5.61. The Bertz CT molecular complexity index is 1050. The lowest BCUT2D eigenvalue weighted by molar-refractivity contribution is -0.118. The molecule has 0 aliphatic heterocycles. The zero-order valence-electron chi connectivity index (χ0n) is 18.1. The van der Waals surface area contributed by atoms with E-state index in [0.29, 0.717) is 18.0 Å². The molecule has 172 valence electrons. The molecule has 3 aromatic carbocycles. The number of halogens is 1. The summed E-state index contributed by atoms with van der Waals surface area (Å²) in [5.74, 6) is 0.105. The lowest BCUT2D eigenvalue weighted by Gasteiger charge is -2.19. The van der Waals surface area contributed by atoms with Crippen LogP contribution >= 0.6 is 12.4 Å². The maximum atomic E-state index is 13.0. The van der Waals surface area contributed by atoms with Crippen molar-refractivity contribution in [3.63, 3.8) is 0 Å². The number of anilines is 1. The van der Waals surface area contributed by atoms with Crippen molar-refractivity contribution >= 4 is 30.1 Å². The summed E-state index contributed by atoms with van der Waals surface area (Å²) >= 11 is 0. The van der Waals surface area contributed by atoms with Crippen molar-refractivity contribution in [1.82, 2.24) is 5.32 Å². The second-order valence-corrected chi connectivity index (χ2v) is 8.07. The van der Waals surface area contributed by atoms with E-state index in [1.54, 1.807) is 0 Å². The van der Waals surface area contributed by atoms with E-state index in [1.807, 2.05) is 84.9 Å². The molecule has 2 amide bonds. The van der Waals surface area contributed by atoms with Gasteiger partial charge in [-0.25, -0.2) is 4.79 Å². The van der Waals surface area contributed by atoms with Crippen molar-refractivity contribution in [3.05, 3.63) is 102 Å². The van der Waals surface area contributed by atoms with E-state index in [1.165, 1.54) is 5.56 Å². The van der Waals surface area contributed by atoms with E-state index >= 15 is 0 Å². The lowest BCUT2D eigenvalue weighted by Crippen LogP contribution is -2.45. The highest BCUT2D eigenvalue weighted by Gasteiger charge is 2.34. The highest BCUT2D eigenvalue weighted by Crippen LogP contribution is 2.39. The summed E-state index contributed by atoms with van der Waals surface area (Å²) in [7, 11) is 0. The van der Waals surface area contributed by atoms with Crippen LogP contribution in [0, 0.1) is 0 Å². The van der Waals surface area contributed by atoms with E-state index in [0.717, 1.165) is 17.5 Å². The van der Waals surface area contributed by atoms with E-state index in [9.17, 15) is 9.59 Å². The number of amides is 2. The fourth-order valence-corrected chi connectivity index (χ4v) is 3.61. The van der Waals surface area contributed by atoms with Crippen LogP contribution < -0.4 is 16.4 Å². The Balaban J connectivity index is 0.00000306. The van der Waals surface area contributed by atoms with Gasteiger partial charge in [0, 0.05) is 24.1 Å². The quantitative estimate of drug-likeness (QED) is 0.459. The van der Waals surface area contributed by atoms with Crippen molar-refractivity contribution < 1.29 is 14.3 Å². The van der Waals surface area contributed by atoms with Gasteiger partial charge < -0.3 is 21.1 Å². The highest BCUT2D eigenvalue weighted by atomic mass is 35.5. The monoisotopic (exact) mass is 465 g/mol. The van der Waals surface area contributed by atoms with Gasteiger partial charge in [-0.2, -0.15) is 0 Å². The molecule has 3 unspecified atom stereocenters. The number of carbonyl (C=O) groups is 2. The number of rotatable bonds is 8. The van der Waals surface area contributed by atoms with Crippen molar-refractivity contribution in [1.29, 1.82) is 0 Å². The number of hydrogen-bond donors (Lipinski definition) is 3. The van der Waals surface area contributed by atoms with Gasteiger partial charge in [-0.3, -0.25) is 4.79 Å². The molecule has 0 saturated heterocycles. The third-order valence-corrected chi connectivity index (χ3v) is 5.55. The number of ether oxygens (including phenoxy) is 1. The molecule has 1 aliphatic carbocycles. The lowest BCUT2D eigenvalue weighted by atomic mass is 10.1. The molecule has 6 nitrogen and oxygen atoms in total. The minimum absolute atomic E-state index is 0. The number of nitrogens with two attached hydrogens (primary N) is 1. The number of alkyl carbamates (subject to hydrolysis) is 1. The Morgan fingerprint density at radius 1 is 0.909 bits per heavy atom. The van der Waals surface area contributed by atoms with Crippen LogP contribution in [0.15, 0.2) is 84.9 Å². The van der Waals surface area contributed by atoms with E-state index in [-0.39, 0.29) is 31.0 Å². The normalized spacial score (nSPS) is 17.2. The van der Waals surface area contributed by atoms with Gasteiger partial charge in [-0.15, -0.1) is 12.4 Å². The Morgan fingerprint density at radius 3 is 2.06 bits per heavy atom. The van der Waals surface area contributed by atoms with Crippen LogP contribution in [0.4, 0.5) is 10.5 Å². The van der Waals surface area contributed by atoms with Gasteiger partial charge in [-0.1, -0.05) is 72.8 Å². The minimum atomic E-state index is -0.780. The Morgan fingerprint density at radius 2 is 1.48 bits per heavy atom. The van der Waals surface area contributed by atoms with Crippen molar-refractivity contribution in [2.24, 2.45) is 5.73 Å². The SMILES string of the molecule is Cl.NC1CC1c1ccc(NC(=O)C(Cc2ccccc2)NC(=O)OCc2ccccc2)cc1. The molecule has 0 aromatic heterocycles. The van der Waals surface area contributed by atoms with Gasteiger partial charge in [-0.05, 0) is 35.2 Å². The van der Waals surface area contributed by atoms with Crippen LogP contribution in [0.1, 0.15) is 29.0 Å². The average molecular weight is 466 g/mol. The summed E-state index contributed by atoms with van der Waals surface area (Å²) in [6, 6.07) is 26.1.